The normalized spacial score (nSPS) is 11.2. The van der Waals surface area contributed by atoms with Gasteiger partial charge in [-0.25, -0.2) is 4.98 Å². The predicted molar refractivity (Wildman–Crippen MR) is 99.9 cm³/mol. The van der Waals surface area contributed by atoms with Crippen molar-refractivity contribution in [1.29, 1.82) is 0 Å². The molecule has 6 nitrogen and oxygen atoms in total. The van der Waals surface area contributed by atoms with E-state index in [9.17, 15) is 4.79 Å². The Morgan fingerprint density at radius 3 is 2.46 bits per heavy atom. The van der Waals surface area contributed by atoms with Crippen LogP contribution in [0.2, 0.25) is 0 Å². The van der Waals surface area contributed by atoms with Gasteiger partial charge in [-0.05, 0) is 62.2 Å². The summed E-state index contributed by atoms with van der Waals surface area (Å²) in [6, 6.07) is 11.6. The second kappa shape index (κ2) is 5.91. The molecule has 6 heteroatoms. The smallest absolute Gasteiger partial charge is 0.272 e. The van der Waals surface area contributed by atoms with Crippen LogP contribution in [0.4, 0.5) is 0 Å². The first-order chi connectivity index (χ1) is 12.4. The summed E-state index contributed by atoms with van der Waals surface area (Å²) < 4.78 is 7.04. The lowest BCUT2D eigenvalue weighted by Crippen LogP contribution is -2.20. The van der Waals surface area contributed by atoms with Crippen LogP contribution in [0.5, 0.6) is 0 Å². The Kier molecular flexibility index (Phi) is 3.68. The summed E-state index contributed by atoms with van der Waals surface area (Å²) in [5.74, 6) is 0.973. The lowest BCUT2D eigenvalue weighted by Gasteiger charge is -2.06. The summed E-state index contributed by atoms with van der Waals surface area (Å²) >= 11 is 0. The number of fused-ring (bicyclic) bond motifs is 1. The minimum absolute atomic E-state index is 0.0955. The molecule has 4 rings (SSSR count). The van der Waals surface area contributed by atoms with E-state index in [1.807, 2.05) is 36.4 Å². The fourth-order valence-corrected chi connectivity index (χ4v) is 2.95. The number of rotatable bonds is 2. The van der Waals surface area contributed by atoms with Crippen molar-refractivity contribution in [1.82, 2.24) is 19.7 Å². The fourth-order valence-electron chi connectivity index (χ4n) is 2.95. The second-order valence-corrected chi connectivity index (χ2v) is 6.49. The van der Waals surface area contributed by atoms with Crippen molar-refractivity contribution in [3.8, 4) is 22.8 Å². The molecule has 0 spiro atoms. The first-order valence-electron chi connectivity index (χ1n) is 8.33. The van der Waals surface area contributed by atoms with Crippen LogP contribution in [0.3, 0.4) is 0 Å². The molecule has 0 aliphatic heterocycles. The van der Waals surface area contributed by atoms with Crippen LogP contribution in [0.25, 0.3) is 33.9 Å². The van der Waals surface area contributed by atoms with Gasteiger partial charge in [-0.1, -0.05) is 11.2 Å². The second-order valence-electron chi connectivity index (χ2n) is 6.49. The SMILES string of the molecule is Cc1ccc(-c2nc(-c3ccc4c(c3)nc(C)c(=O)n4C)no2)cc1C. The summed E-state index contributed by atoms with van der Waals surface area (Å²) in [5, 5.41) is 4.10. The fraction of sp³-hybridized carbons (Fsp3) is 0.200. The average Bonchev–Trinajstić information content (AvgIpc) is 3.12. The van der Waals surface area contributed by atoms with Gasteiger partial charge in [0.2, 0.25) is 5.82 Å². The van der Waals surface area contributed by atoms with E-state index < -0.39 is 0 Å². The van der Waals surface area contributed by atoms with E-state index in [0.29, 0.717) is 17.4 Å². The highest BCUT2D eigenvalue weighted by molar-refractivity contribution is 5.80. The summed E-state index contributed by atoms with van der Waals surface area (Å²) in [6.45, 7) is 5.83. The zero-order valence-electron chi connectivity index (χ0n) is 15.1. The van der Waals surface area contributed by atoms with Gasteiger partial charge in [0, 0.05) is 18.2 Å². The van der Waals surface area contributed by atoms with E-state index in [0.717, 1.165) is 22.2 Å². The molecule has 0 aliphatic carbocycles. The van der Waals surface area contributed by atoms with E-state index in [1.54, 1.807) is 18.5 Å². The number of nitrogens with zero attached hydrogens (tertiary/aromatic N) is 4. The maximum atomic E-state index is 12.0. The van der Waals surface area contributed by atoms with Crippen molar-refractivity contribution < 1.29 is 4.52 Å². The van der Waals surface area contributed by atoms with Crippen LogP contribution in [0.1, 0.15) is 16.8 Å². The minimum atomic E-state index is -0.0955. The largest absolute Gasteiger partial charge is 0.334 e. The van der Waals surface area contributed by atoms with Gasteiger partial charge in [-0.2, -0.15) is 4.98 Å². The van der Waals surface area contributed by atoms with Gasteiger partial charge in [0.05, 0.1) is 11.0 Å². The first-order valence-corrected chi connectivity index (χ1v) is 8.33. The minimum Gasteiger partial charge on any atom is -0.334 e. The van der Waals surface area contributed by atoms with E-state index in [2.05, 4.69) is 29.0 Å². The van der Waals surface area contributed by atoms with Crippen molar-refractivity contribution in [2.24, 2.45) is 7.05 Å². The van der Waals surface area contributed by atoms with Gasteiger partial charge in [0.25, 0.3) is 11.4 Å². The monoisotopic (exact) mass is 346 g/mol. The van der Waals surface area contributed by atoms with E-state index in [-0.39, 0.29) is 5.56 Å². The van der Waals surface area contributed by atoms with Crippen LogP contribution >= 0.6 is 0 Å². The highest BCUT2D eigenvalue weighted by atomic mass is 16.5. The quantitative estimate of drug-likeness (QED) is 0.555. The Balaban J connectivity index is 1.79. The summed E-state index contributed by atoms with van der Waals surface area (Å²) in [5.41, 5.74) is 5.93. The van der Waals surface area contributed by atoms with Crippen LogP contribution in [-0.4, -0.2) is 19.7 Å². The molecule has 130 valence electrons. The summed E-state index contributed by atoms with van der Waals surface area (Å²) in [4.78, 5) is 20.9. The Labute approximate surface area is 150 Å². The van der Waals surface area contributed by atoms with Crippen molar-refractivity contribution >= 4 is 11.0 Å². The van der Waals surface area contributed by atoms with Crippen molar-refractivity contribution in [2.75, 3.05) is 0 Å². The zero-order valence-corrected chi connectivity index (χ0v) is 15.1. The number of hydrogen-bond donors (Lipinski definition) is 0. The van der Waals surface area contributed by atoms with Gasteiger partial charge in [-0.3, -0.25) is 4.79 Å². The van der Waals surface area contributed by atoms with Crippen LogP contribution < -0.4 is 5.56 Å². The number of aromatic nitrogens is 4. The lowest BCUT2D eigenvalue weighted by molar-refractivity contribution is 0.432. The number of hydrogen-bond acceptors (Lipinski definition) is 5. The van der Waals surface area contributed by atoms with Crippen molar-refractivity contribution in [3.05, 3.63) is 63.6 Å². The van der Waals surface area contributed by atoms with Crippen molar-refractivity contribution in [3.63, 3.8) is 0 Å². The first kappa shape index (κ1) is 16.2. The molecule has 0 atom stereocenters. The maximum Gasteiger partial charge on any atom is 0.272 e. The van der Waals surface area contributed by atoms with Gasteiger partial charge in [-0.15, -0.1) is 0 Å². The highest BCUT2D eigenvalue weighted by Crippen LogP contribution is 2.25. The van der Waals surface area contributed by atoms with Crippen molar-refractivity contribution in [2.45, 2.75) is 20.8 Å². The van der Waals surface area contributed by atoms with Gasteiger partial charge in [0.15, 0.2) is 0 Å². The van der Waals surface area contributed by atoms with E-state index in [4.69, 9.17) is 4.52 Å². The Morgan fingerprint density at radius 2 is 1.69 bits per heavy atom. The molecule has 2 heterocycles. The van der Waals surface area contributed by atoms with Crippen LogP contribution in [0, 0.1) is 20.8 Å². The standard InChI is InChI=1S/C20H18N4O2/c1-11-5-6-15(9-12(11)2)19-22-18(23-26-19)14-7-8-17-16(10-14)21-13(3)20(25)24(17)4/h5-10H,1-4H3. The predicted octanol–water partition coefficient (Wildman–Crippen LogP) is 3.58. The van der Waals surface area contributed by atoms with E-state index >= 15 is 0 Å². The molecule has 0 aliphatic rings. The molecule has 2 aromatic carbocycles. The molecule has 4 aromatic rings. The Hall–Kier alpha value is -3.28. The molecule has 0 bridgehead atoms. The average molecular weight is 346 g/mol. The van der Waals surface area contributed by atoms with Gasteiger partial charge in [0.1, 0.15) is 5.69 Å². The molecule has 0 N–H and O–H groups in total. The summed E-state index contributed by atoms with van der Waals surface area (Å²) in [7, 11) is 1.74. The third kappa shape index (κ3) is 2.60. The lowest BCUT2D eigenvalue weighted by atomic mass is 10.1. The molecule has 0 saturated heterocycles. The molecule has 0 radical (unpaired) electrons. The Bertz CT molecular complexity index is 1200. The van der Waals surface area contributed by atoms with Crippen LogP contribution in [-0.2, 0) is 7.05 Å². The zero-order chi connectivity index (χ0) is 18.4. The molecule has 26 heavy (non-hydrogen) atoms. The molecule has 0 unspecified atom stereocenters. The molecule has 2 aromatic heterocycles. The number of aryl methyl sites for hydroxylation is 4. The van der Waals surface area contributed by atoms with Gasteiger partial charge < -0.3 is 9.09 Å². The third-order valence-electron chi connectivity index (χ3n) is 4.68. The molecular weight excluding hydrogens is 328 g/mol. The molecule has 0 fully saturated rings. The molecule has 0 amide bonds. The Morgan fingerprint density at radius 1 is 0.923 bits per heavy atom. The molecular formula is C20H18N4O2. The van der Waals surface area contributed by atoms with Gasteiger partial charge >= 0.3 is 0 Å². The topological polar surface area (TPSA) is 73.8 Å². The maximum absolute atomic E-state index is 12.0. The van der Waals surface area contributed by atoms with Crippen LogP contribution in [0.15, 0.2) is 45.7 Å². The summed E-state index contributed by atoms with van der Waals surface area (Å²) in [6.07, 6.45) is 0. The van der Waals surface area contributed by atoms with E-state index in [1.165, 1.54) is 11.1 Å². The molecule has 0 saturated carbocycles. The number of benzene rings is 2. The third-order valence-corrected chi connectivity index (χ3v) is 4.68. The highest BCUT2D eigenvalue weighted by Gasteiger charge is 2.13.